The summed E-state index contributed by atoms with van der Waals surface area (Å²) in [7, 11) is 0. The Hall–Kier alpha value is -2.73. The van der Waals surface area contributed by atoms with Gasteiger partial charge in [-0.15, -0.1) is 0 Å². The van der Waals surface area contributed by atoms with E-state index in [1.165, 1.54) is 13.8 Å². The molecule has 0 radical (unpaired) electrons. The van der Waals surface area contributed by atoms with E-state index in [4.69, 9.17) is 5.11 Å². The molecule has 126 valence electrons. The van der Waals surface area contributed by atoms with E-state index in [2.05, 4.69) is 10.3 Å². The van der Waals surface area contributed by atoms with Crippen molar-refractivity contribution in [2.45, 2.75) is 26.9 Å². The van der Waals surface area contributed by atoms with Crippen LogP contribution in [0, 0.1) is 12.3 Å². The van der Waals surface area contributed by atoms with Crippen LogP contribution in [0.4, 0.5) is 5.69 Å². The van der Waals surface area contributed by atoms with Crippen molar-refractivity contribution in [3.05, 3.63) is 59.4 Å². The number of aliphatic carboxylic acids is 1. The minimum atomic E-state index is -1.55. The maximum absolute atomic E-state index is 12.2. The van der Waals surface area contributed by atoms with Crippen LogP contribution in [0.1, 0.15) is 36.8 Å². The molecule has 1 aromatic carbocycles. The first-order valence-corrected chi connectivity index (χ1v) is 7.48. The van der Waals surface area contributed by atoms with Gasteiger partial charge in [0.05, 0.1) is 5.69 Å². The lowest BCUT2D eigenvalue weighted by Gasteiger charge is -2.20. The van der Waals surface area contributed by atoms with E-state index in [-0.39, 0.29) is 0 Å². The molecule has 0 aliphatic rings. The normalized spacial score (nSPS) is 12.5. The molecule has 0 saturated carbocycles. The minimum Gasteiger partial charge on any atom is -0.480 e. The highest BCUT2D eigenvalue weighted by Gasteiger charge is 2.36. The number of carbonyl (C=O) groups excluding carboxylic acids is 1. The smallest absolute Gasteiger partial charge is 0.318 e. The molecular weight excluding hydrogens is 308 g/mol. The third kappa shape index (κ3) is 3.60. The Kier molecular flexibility index (Phi) is 4.99. The molecule has 1 unspecified atom stereocenters. The van der Waals surface area contributed by atoms with E-state index in [9.17, 15) is 14.7 Å². The zero-order valence-electron chi connectivity index (χ0n) is 13.8. The van der Waals surface area contributed by atoms with Crippen molar-refractivity contribution in [1.29, 1.82) is 0 Å². The summed E-state index contributed by atoms with van der Waals surface area (Å²) in [6.07, 6.45) is 0.653. The summed E-state index contributed by atoms with van der Waals surface area (Å²) in [5, 5.41) is 22.2. The Morgan fingerprint density at radius 3 is 2.50 bits per heavy atom. The molecule has 0 aliphatic carbocycles. The number of nitrogens with zero attached hydrogens (tertiary/aromatic N) is 1. The molecule has 6 nitrogen and oxygen atoms in total. The van der Waals surface area contributed by atoms with Gasteiger partial charge in [0.25, 0.3) is 0 Å². The van der Waals surface area contributed by atoms with Gasteiger partial charge in [0.15, 0.2) is 0 Å². The lowest BCUT2D eigenvalue weighted by Crippen LogP contribution is -2.38. The van der Waals surface area contributed by atoms with Gasteiger partial charge in [-0.05, 0) is 50.1 Å². The van der Waals surface area contributed by atoms with Gasteiger partial charge in [0.2, 0.25) is 5.91 Å². The average Bonchev–Trinajstić information content (AvgIpc) is 2.56. The first-order chi connectivity index (χ1) is 11.2. The molecule has 2 aromatic rings. The Labute approximate surface area is 140 Å². The van der Waals surface area contributed by atoms with Crippen molar-refractivity contribution in [3.8, 4) is 0 Å². The van der Waals surface area contributed by atoms with Crippen LogP contribution in [0.2, 0.25) is 0 Å². The van der Waals surface area contributed by atoms with Gasteiger partial charge in [-0.2, -0.15) is 0 Å². The van der Waals surface area contributed by atoms with Crippen molar-refractivity contribution in [1.82, 2.24) is 4.98 Å². The maximum atomic E-state index is 12.2. The second kappa shape index (κ2) is 6.80. The first kappa shape index (κ1) is 17.6. The summed E-state index contributed by atoms with van der Waals surface area (Å²) in [5.74, 6) is -1.83. The Balaban J connectivity index is 2.29. The molecule has 1 amide bonds. The number of nitrogens with one attached hydrogen (secondary N) is 1. The largest absolute Gasteiger partial charge is 0.480 e. The third-order valence-corrected chi connectivity index (χ3v) is 3.90. The van der Waals surface area contributed by atoms with Crippen molar-refractivity contribution < 1.29 is 19.8 Å². The maximum Gasteiger partial charge on any atom is 0.318 e. The second-order valence-electron chi connectivity index (χ2n) is 6.12. The summed E-state index contributed by atoms with van der Waals surface area (Å²) < 4.78 is 0. The molecule has 1 heterocycles. The zero-order chi connectivity index (χ0) is 17.9. The van der Waals surface area contributed by atoms with E-state index in [0.29, 0.717) is 16.9 Å². The number of pyridine rings is 1. The number of carboxylic acids is 1. The number of aryl methyl sites for hydroxylation is 1. The molecule has 3 N–H and O–H groups in total. The second-order valence-corrected chi connectivity index (χ2v) is 6.12. The van der Waals surface area contributed by atoms with Crippen LogP contribution in [0.5, 0.6) is 0 Å². The molecule has 0 aliphatic heterocycles. The number of amides is 1. The SMILES string of the molecule is Cc1ccc(C(O)c2ccccn2)cc1NC(=O)C(C)(C)C(=O)O. The predicted octanol–water partition coefficient (Wildman–Crippen LogP) is 2.52. The van der Waals surface area contributed by atoms with Gasteiger partial charge >= 0.3 is 5.97 Å². The van der Waals surface area contributed by atoms with Crippen molar-refractivity contribution in [2.24, 2.45) is 5.41 Å². The number of aliphatic hydroxyl groups is 1. The number of carboxylic acid groups (broad SMARTS) is 1. The monoisotopic (exact) mass is 328 g/mol. The number of benzene rings is 1. The van der Waals surface area contributed by atoms with E-state index in [1.54, 1.807) is 49.5 Å². The summed E-state index contributed by atoms with van der Waals surface area (Å²) in [6.45, 7) is 4.47. The molecule has 1 aromatic heterocycles. The fourth-order valence-electron chi connectivity index (χ4n) is 2.03. The highest BCUT2D eigenvalue weighted by molar-refractivity contribution is 6.07. The number of anilines is 1. The van der Waals surface area contributed by atoms with Crippen LogP contribution in [0.3, 0.4) is 0 Å². The van der Waals surface area contributed by atoms with E-state index in [0.717, 1.165) is 5.56 Å². The van der Waals surface area contributed by atoms with Crippen LogP contribution in [0.25, 0.3) is 0 Å². The zero-order valence-corrected chi connectivity index (χ0v) is 13.8. The average molecular weight is 328 g/mol. The fourth-order valence-corrected chi connectivity index (χ4v) is 2.03. The van der Waals surface area contributed by atoms with Crippen molar-refractivity contribution >= 4 is 17.6 Å². The van der Waals surface area contributed by atoms with Gasteiger partial charge in [-0.25, -0.2) is 0 Å². The number of hydrogen-bond donors (Lipinski definition) is 3. The topological polar surface area (TPSA) is 99.5 Å². The molecule has 0 spiro atoms. The van der Waals surface area contributed by atoms with Crippen LogP contribution >= 0.6 is 0 Å². The van der Waals surface area contributed by atoms with Crippen molar-refractivity contribution in [2.75, 3.05) is 5.32 Å². The van der Waals surface area contributed by atoms with Gasteiger partial charge in [-0.1, -0.05) is 18.2 Å². The number of aliphatic hydroxyl groups excluding tert-OH is 1. The number of aromatic nitrogens is 1. The molecule has 1 atom stereocenters. The molecule has 0 bridgehead atoms. The fraction of sp³-hybridized carbons (Fsp3) is 0.278. The highest BCUT2D eigenvalue weighted by atomic mass is 16.4. The predicted molar refractivity (Wildman–Crippen MR) is 89.5 cm³/mol. The van der Waals surface area contributed by atoms with E-state index >= 15 is 0 Å². The number of hydrogen-bond acceptors (Lipinski definition) is 4. The standard InChI is InChI=1S/C18H20N2O4/c1-11-7-8-12(15(21)13-6-4-5-9-19-13)10-14(11)20-16(22)18(2,3)17(23)24/h4-10,15,21H,1-3H3,(H,20,22)(H,23,24). The minimum absolute atomic E-state index is 0.460. The highest BCUT2D eigenvalue weighted by Crippen LogP contribution is 2.27. The quantitative estimate of drug-likeness (QED) is 0.732. The van der Waals surface area contributed by atoms with Gasteiger partial charge in [0, 0.05) is 11.9 Å². The molecule has 6 heteroatoms. The lowest BCUT2D eigenvalue weighted by atomic mass is 9.92. The van der Waals surface area contributed by atoms with Crippen LogP contribution in [-0.4, -0.2) is 27.1 Å². The molecule has 2 rings (SSSR count). The van der Waals surface area contributed by atoms with E-state index in [1.807, 2.05) is 0 Å². The summed E-state index contributed by atoms with van der Waals surface area (Å²) >= 11 is 0. The van der Waals surface area contributed by atoms with Crippen LogP contribution < -0.4 is 5.32 Å². The summed E-state index contributed by atoms with van der Waals surface area (Å²) in [5.41, 5.74) is 0.720. The molecule has 0 saturated heterocycles. The molecule has 0 fully saturated rings. The van der Waals surface area contributed by atoms with Crippen LogP contribution in [-0.2, 0) is 9.59 Å². The third-order valence-electron chi connectivity index (χ3n) is 3.90. The van der Waals surface area contributed by atoms with Crippen molar-refractivity contribution in [3.63, 3.8) is 0 Å². The number of rotatable bonds is 5. The Morgan fingerprint density at radius 2 is 1.92 bits per heavy atom. The molecule has 24 heavy (non-hydrogen) atoms. The van der Waals surface area contributed by atoms with Gasteiger partial charge in [-0.3, -0.25) is 14.6 Å². The Bertz CT molecular complexity index is 757. The Morgan fingerprint density at radius 1 is 1.21 bits per heavy atom. The van der Waals surface area contributed by atoms with Crippen LogP contribution in [0.15, 0.2) is 42.6 Å². The number of carbonyl (C=O) groups is 2. The summed E-state index contributed by atoms with van der Waals surface area (Å²) in [4.78, 5) is 27.5. The van der Waals surface area contributed by atoms with Gasteiger partial charge < -0.3 is 15.5 Å². The molecular formula is C18H20N2O4. The van der Waals surface area contributed by atoms with Gasteiger partial charge in [0.1, 0.15) is 11.5 Å². The van der Waals surface area contributed by atoms with E-state index < -0.39 is 23.4 Å². The first-order valence-electron chi connectivity index (χ1n) is 7.48. The summed E-state index contributed by atoms with van der Waals surface area (Å²) in [6, 6.07) is 10.4. The lowest BCUT2D eigenvalue weighted by molar-refractivity contribution is -0.151.